The first-order valence-electron chi connectivity index (χ1n) is 9.90. The largest absolute Gasteiger partial charge is 0.390 e. The summed E-state index contributed by atoms with van der Waals surface area (Å²) in [7, 11) is 1.73. The Morgan fingerprint density at radius 3 is 2.75 bits per heavy atom. The highest BCUT2D eigenvalue weighted by atomic mass is 16.8. The van der Waals surface area contributed by atoms with Crippen LogP contribution in [0.3, 0.4) is 0 Å². The van der Waals surface area contributed by atoms with Gasteiger partial charge in [-0.3, -0.25) is 0 Å². The van der Waals surface area contributed by atoms with E-state index in [2.05, 4.69) is 11.8 Å². The van der Waals surface area contributed by atoms with Gasteiger partial charge in [0.25, 0.3) is 0 Å². The maximum Gasteiger partial charge on any atom is 0.166 e. The number of nitrogens with zero attached hydrogens (tertiary/aromatic N) is 1. The van der Waals surface area contributed by atoms with Crippen LogP contribution in [0.1, 0.15) is 45.4 Å². The summed E-state index contributed by atoms with van der Waals surface area (Å²) in [5, 5.41) is 11.0. The number of hydrogen-bond donors (Lipinski definition) is 1. The second-order valence-electron chi connectivity index (χ2n) is 8.90. The fraction of sp³-hybridized carbons (Fsp3) is 1.00. The van der Waals surface area contributed by atoms with E-state index in [9.17, 15) is 5.11 Å². The molecule has 0 radical (unpaired) electrons. The summed E-state index contributed by atoms with van der Waals surface area (Å²) in [6.07, 6.45) is 6.23. The van der Waals surface area contributed by atoms with E-state index in [1.165, 1.54) is 38.8 Å². The molecule has 136 valence electrons. The minimum Gasteiger partial charge on any atom is -0.390 e. The average Bonchev–Trinajstić information content (AvgIpc) is 2.75. The van der Waals surface area contributed by atoms with E-state index in [0.29, 0.717) is 17.9 Å². The molecule has 1 N–H and O–H groups in total. The highest BCUT2D eigenvalue weighted by molar-refractivity contribution is 5.14. The molecule has 6 saturated heterocycles. The molecule has 5 heteroatoms. The van der Waals surface area contributed by atoms with Crippen LogP contribution in [0.25, 0.3) is 0 Å². The van der Waals surface area contributed by atoms with Crippen molar-refractivity contribution in [1.29, 1.82) is 0 Å². The number of ether oxygens (including phenoxy) is 3. The summed E-state index contributed by atoms with van der Waals surface area (Å²) in [5.41, 5.74) is -0.464. The van der Waals surface area contributed by atoms with E-state index >= 15 is 0 Å². The summed E-state index contributed by atoms with van der Waals surface area (Å²) in [5.74, 6) is 1.88. The molecule has 0 aromatic carbocycles. The third-order valence-corrected chi connectivity index (χ3v) is 7.95. The van der Waals surface area contributed by atoms with E-state index in [-0.39, 0.29) is 24.6 Å². The van der Waals surface area contributed by atoms with Crippen molar-refractivity contribution in [3.05, 3.63) is 0 Å². The zero-order valence-corrected chi connectivity index (χ0v) is 14.9. The van der Waals surface area contributed by atoms with E-state index in [4.69, 9.17) is 14.2 Å². The van der Waals surface area contributed by atoms with Crippen molar-refractivity contribution in [2.24, 2.45) is 23.7 Å². The molecule has 0 aromatic rings. The van der Waals surface area contributed by atoms with Gasteiger partial charge in [-0.2, -0.15) is 0 Å². The molecule has 6 bridgehead atoms. The van der Waals surface area contributed by atoms with E-state index in [0.717, 1.165) is 18.8 Å². The Morgan fingerprint density at radius 1 is 1.21 bits per heavy atom. The van der Waals surface area contributed by atoms with Crippen LogP contribution in [0.4, 0.5) is 0 Å². The van der Waals surface area contributed by atoms with Crippen molar-refractivity contribution in [1.82, 2.24) is 4.90 Å². The Kier molecular flexibility index (Phi) is 3.77. The van der Waals surface area contributed by atoms with Crippen molar-refractivity contribution in [3.63, 3.8) is 0 Å². The molecule has 0 amide bonds. The van der Waals surface area contributed by atoms with Crippen LogP contribution in [0.15, 0.2) is 0 Å². The molecule has 0 spiro atoms. The standard InChI is InChI=1S/C19H31NO4/c1-11-14-9-15(21)19(16(14)18(22-2)23-17(11)24-19)10-13-4-3-12-5-7-20(13)8-6-12/h11-18,21H,3-10H2,1-2H3/t11?,13?,14?,15-,16?,17?,18?,19?/m1/s1. The van der Waals surface area contributed by atoms with Gasteiger partial charge in [0.2, 0.25) is 0 Å². The number of rotatable bonds is 3. The summed E-state index contributed by atoms with van der Waals surface area (Å²) >= 11 is 0. The fourth-order valence-corrected chi connectivity index (χ4v) is 6.55. The lowest BCUT2D eigenvalue weighted by atomic mass is 9.71. The summed E-state index contributed by atoms with van der Waals surface area (Å²) < 4.78 is 18.2. The van der Waals surface area contributed by atoms with Crippen LogP contribution < -0.4 is 0 Å². The highest BCUT2D eigenvalue weighted by Crippen LogP contribution is 2.60. The first-order chi connectivity index (χ1) is 11.6. The van der Waals surface area contributed by atoms with Gasteiger partial charge in [-0.25, -0.2) is 0 Å². The maximum absolute atomic E-state index is 11.0. The Labute approximate surface area is 144 Å². The minimum absolute atomic E-state index is 0.166. The molecule has 6 aliphatic heterocycles. The Morgan fingerprint density at radius 2 is 2.00 bits per heavy atom. The van der Waals surface area contributed by atoms with Crippen LogP contribution in [0.5, 0.6) is 0 Å². The number of aliphatic hydroxyl groups is 1. The molecule has 5 nitrogen and oxygen atoms in total. The minimum atomic E-state index is -0.464. The van der Waals surface area contributed by atoms with Crippen LogP contribution >= 0.6 is 0 Å². The Bertz CT molecular complexity index is 494. The Hall–Kier alpha value is -0.200. The van der Waals surface area contributed by atoms with Gasteiger partial charge < -0.3 is 24.2 Å². The fourth-order valence-electron chi connectivity index (χ4n) is 6.55. The summed E-state index contributed by atoms with van der Waals surface area (Å²) in [4.78, 5) is 2.66. The third-order valence-electron chi connectivity index (χ3n) is 7.95. The van der Waals surface area contributed by atoms with Gasteiger partial charge in [0.15, 0.2) is 12.6 Å². The summed E-state index contributed by atoms with van der Waals surface area (Å²) in [6, 6.07) is 0.540. The number of piperidine rings is 1. The first-order valence-corrected chi connectivity index (χ1v) is 9.90. The molecule has 0 aromatic heterocycles. The number of methoxy groups -OCH3 is 1. The van der Waals surface area contributed by atoms with Gasteiger partial charge in [0, 0.05) is 25.0 Å². The second kappa shape index (κ2) is 5.65. The lowest BCUT2D eigenvalue weighted by molar-refractivity contribution is -0.411. The molecule has 7 rings (SSSR count). The number of hydrogen-bond acceptors (Lipinski definition) is 5. The van der Waals surface area contributed by atoms with E-state index in [1.54, 1.807) is 7.11 Å². The predicted octanol–water partition coefficient (Wildman–Crippen LogP) is 1.98. The lowest BCUT2D eigenvalue weighted by Crippen LogP contribution is -2.66. The second-order valence-corrected chi connectivity index (χ2v) is 8.90. The molecular formula is C19H31NO4. The van der Waals surface area contributed by atoms with Gasteiger partial charge in [-0.1, -0.05) is 6.92 Å². The van der Waals surface area contributed by atoms with Crippen LogP contribution in [0.2, 0.25) is 0 Å². The van der Waals surface area contributed by atoms with Crippen molar-refractivity contribution in [3.8, 4) is 0 Å². The normalized spacial score (nSPS) is 58.9. The monoisotopic (exact) mass is 337 g/mol. The van der Waals surface area contributed by atoms with E-state index < -0.39 is 5.60 Å². The Balaban J connectivity index is 1.45. The first kappa shape index (κ1) is 16.0. The van der Waals surface area contributed by atoms with Crippen molar-refractivity contribution < 1.29 is 19.3 Å². The molecule has 24 heavy (non-hydrogen) atoms. The van der Waals surface area contributed by atoms with Gasteiger partial charge >= 0.3 is 0 Å². The zero-order valence-electron chi connectivity index (χ0n) is 14.9. The average molecular weight is 337 g/mol. The predicted molar refractivity (Wildman–Crippen MR) is 88.2 cm³/mol. The maximum atomic E-state index is 11.0. The van der Waals surface area contributed by atoms with Crippen LogP contribution in [0, 0.1) is 23.7 Å². The third kappa shape index (κ3) is 2.11. The molecule has 7 fully saturated rings. The molecule has 8 atom stereocenters. The van der Waals surface area contributed by atoms with Crippen LogP contribution in [-0.2, 0) is 14.2 Å². The van der Waals surface area contributed by atoms with Gasteiger partial charge in [0.1, 0.15) is 5.60 Å². The molecule has 6 heterocycles. The van der Waals surface area contributed by atoms with E-state index in [1.807, 2.05) is 0 Å². The number of fused-ring (bicyclic) bond motifs is 5. The number of aliphatic hydroxyl groups excluding tert-OH is 1. The topological polar surface area (TPSA) is 51.2 Å². The van der Waals surface area contributed by atoms with Crippen molar-refractivity contribution >= 4 is 0 Å². The van der Waals surface area contributed by atoms with Crippen LogP contribution in [-0.4, -0.2) is 60.5 Å². The zero-order chi connectivity index (χ0) is 16.5. The van der Waals surface area contributed by atoms with Gasteiger partial charge in [0.05, 0.1) is 6.10 Å². The molecule has 1 saturated carbocycles. The molecule has 7 aliphatic rings. The molecule has 7 unspecified atom stereocenters. The quantitative estimate of drug-likeness (QED) is 0.853. The highest BCUT2D eigenvalue weighted by Gasteiger charge is 2.69. The van der Waals surface area contributed by atoms with Crippen molar-refractivity contribution in [2.75, 3.05) is 20.2 Å². The molecule has 1 aliphatic carbocycles. The van der Waals surface area contributed by atoms with Gasteiger partial charge in [-0.05, 0) is 63.5 Å². The van der Waals surface area contributed by atoms with Crippen molar-refractivity contribution in [2.45, 2.75) is 75.8 Å². The lowest BCUT2D eigenvalue weighted by Gasteiger charge is -2.56. The summed E-state index contributed by atoms with van der Waals surface area (Å²) in [6.45, 7) is 4.65. The molecular weight excluding hydrogens is 306 g/mol. The van der Waals surface area contributed by atoms with Gasteiger partial charge in [-0.15, -0.1) is 0 Å². The smallest absolute Gasteiger partial charge is 0.166 e. The SMILES string of the molecule is COC1OC2OC3(CC4CCC5CCN4CC5)C1C(C[C@H]3O)C2C.